The lowest BCUT2D eigenvalue weighted by atomic mass is 9.89. The molecule has 0 N–H and O–H groups in total. The van der Waals surface area contributed by atoms with E-state index in [9.17, 15) is 9.59 Å². The summed E-state index contributed by atoms with van der Waals surface area (Å²) < 4.78 is 13.7. The molecule has 6 nitrogen and oxygen atoms in total. The van der Waals surface area contributed by atoms with Crippen molar-refractivity contribution in [2.45, 2.75) is 32.7 Å². The van der Waals surface area contributed by atoms with E-state index >= 15 is 0 Å². The Labute approximate surface area is 253 Å². The molecule has 0 aliphatic carbocycles. The topological polar surface area (TPSA) is 69.9 Å². The lowest BCUT2D eigenvalue weighted by Crippen LogP contribution is -2.40. The zero-order valence-electron chi connectivity index (χ0n) is 24.5. The number of esters is 1. The highest BCUT2D eigenvalue weighted by molar-refractivity contribution is 7.07. The van der Waals surface area contributed by atoms with Crippen molar-refractivity contribution >= 4 is 39.9 Å². The second kappa shape index (κ2) is 11.9. The summed E-state index contributed by atoms with van der Waals surface area (Å²) in [7, 11) is 1.60. The van der Waals surface area contributed by atoms with E-state index in [0.29, 0.717) is 37.8 Å². The van der Waals surface area contributed by atoms with Crippen molar-refractivity contribution < 1.29 is 14.3 Å². The van der Waals surface area contributed by atoms with E-state index < -0.39 is 12.0 Å². The summed E-state index contributed by atoms with van der Waals surface area (Å²) in [5.41, 5.74) is 4.16. The van der Waals surface area contributed by atoms with Crippen LogP contribution in [0.1, 0.15) is 55.0 Å². The Morgan fingerprint density at radius 3 is 2.40 bits per heavy atom. The minimum atomic E-state index is -0.836. The molecule has 0 amide bonds. The molecule has 0 radical (unpaired) electrons. The summed E-state index contributed by atoms with van der Waals surface area (Å²) in [6.45, 7) is 6.26. The molecule has 216 valence electrons. The number of thiazole rings is 1. The van der Waals surface area contributed by atoms with Gasteiger partial charge in [0.1, 0.15) is 11.8 Å². The van der Waals surface area contributed by atoms with E-state index in [1.807, 2.05) is 84.9 Å². The minimum absolute atomic E-state index is 0.181. The van der Waals surface area contributed by atoms with Gasteiger partial charge in [-0.3, -0.25) is 9.36 Å². The van der Waals surface area contributed by atoms with Crippen LogP contribution in [0.3, 0.4) is 0 Å². The monoisotopic (exact) mass is 588 g/mol. The number of carbonyl (C=O) groups is 1. The van der Waals surface area contributed by atoms with Gasteiger partial charge in [-0.15, -0.1) is 0 Å². The molecular formula is C36H32N2O4S. The third-order valence-corrected chi connectivity index (χ3v) is 8.68. The second-order valence-electron chi connectivity index (χ2n) is 10.7. The summed E-state index contributed by atoms with van der Waals surface area (Å²) in [5, 5.41) is 1.84. The molecule has 0 bridgehead atoms. The van der Waals surface area contributed by atoms with Crippen LogP contribution in [0.4, 0.5) is 0 Å². The van der Waals surface area contributed by atoms with Gasteiger partial charge in [0.25, 0.3) is 5.56 Å². The van der Waals surface area contributed by atoms with E-state index in [1.54, 1.807) is 18.6 Å². The molecule has 1 atom stereocenters. The molecule has 0 saturated carbocycles. The first-order valence-electron chi connectivity index (χ1n) is 14.3. The van der Waals surface area contributed by atoms with Crippen LogP contribution in [-0.2, 0) is 9.53 Å². The molecule has 1 aliphatic heterocycles. The van der Waals surface area contributed by atoms with Crippen LogP contribution in [0, 0.1) is 0 Å². The predicted octanol–water partition coefficient (Wildman–Crippen LogP) is 6.22. The highest BCUT2D eigenvalue weighted by atomic mass is 32.1. The van der Waals surface area contributed by atoms with E-state index in [0.717, 1.165) is 21.9 Å². The lowest BCUT2D eigenvalue weighted by Gasteiger charge is -2.28. The maximum atomic E-state index is 14.3. The molecule has 1 aliphatic rings. The van der Waals surface area contributed by atoms with Gasteiger partial charge in [-0.05, 0) is 46.9 Å². The Bertz CT molecular complexity index is 2040. The van der Waals surface area contributed by atoms with Crippen LogP contribution < -0.4 is 19.6 Å². The van der Waals surface area contributed by atoms with Crippen LogP contribution >= 0.6 is 11.3 Å². The Morgan fingerprint density at radius 1 is 0.977 bits per heavy atom. The number of benzene rings is 4. The van der Waals surface area contributed by atoms with Gasteiger partial charge in [-0.2, -0.15) is 0 Å². The SMILES string of the molecule is CCOC(=O)C1=C(c2ccccc2)N=c2sc(=Cc3ccc(C(C)C)cc3)c(=O)n2C1c1c(OC)ccc2ccccc12. The smallest absolute Gasteiger partial charge is 0.338 e. The van der Waals surface area contributed by atoms with Crippen molar-refractivity contribution in [2.24, 2.45) is 4.99 Å². The highest BCUT2D eigenvalue weighted by Crippen LogP contribution is 2.42. The normalized spacial score (nSPS) is 15.0. The van der Waals surface area contributed by atoms with Crippen LogP contribution in [0.5, 0.6) is 5.75 Å². The third-order valence-electron chi connectivity index (χ3n) is 7.70. The summed E-state index contributed by atoms with van der Waals surface area (Å²) in [6, 6.07) is 28.7. The molecule has 6 rings (SSSR count). The van der Waals surface area contributed by atoms with Crippen LogP contribution in [0.2, 0.25) is 0 Å². The fraction of sp³-hybridized carbons (Fsp3) is 0.194. The molecule has 4 aromatic carbocycles. The van der Waals surface area contributed by atoms with Gasteiger partial charge in [-0.1, -0.05) is 110 Å². The van der Waals surface area contributed by atoms with Gasteiger partial charge in [0, 0.05) is 11.1 Å². The molecule has 0 fully saturated rings. The molecule has 43 heavy (non-hydrogen) atoms. The van der Waals surface area contributed by atoms with Crippen molar-refractivity contribution in [1.29, 1.82) is 0 Å². The Balaban J connectivity index is 1.70. The van der Waals surface area contributed by atoms with Crippen molar-refractivity contribution in [1.82, 2.24) is 4.57 Å². The maximum Gasteiger partial charge on any atom is 0.338 e. The summed E-state index contributed by atoms with van der Waals surface area (Å²) in [6.07, 6.45) is 1.89. The van der Waals surface area contributed by atoms with E-state index in [2.05, 4.69) is 26.0 Å². The van der Waals surface area contributed by atoms with E-state index in [1.165, 1.54) is 16.9 Å². The standard InChI is InChI=1S/C36H32N2O4S/c1-5-42-35(40)31-32(26-12-7-6-8-13-26)37-36-38(33(31)30-27-14-10-9-11-25(27)19-20-28(30)41-4)34(39)29(43-36)21-23-15-17-24(18-16-23)22(2)3/h6-22,33H,5H2,1-4H3. The van der Waals surface area contributed by atoms with Crippen LogP contribution in [-0.4, -0.2) is 24.3 Å². The number of ether oxygens (including phenoxy) is 2. The number of carbonyl (C=O) groups excluding carboxylic acids is 1. The summed E-state index contributed by atoms with van der Waals surface area (Å²) >= 11 is 1.31. The first kappa shape index (κ1) is 28.4. The van der Waals surface area contributed by atoms with Crippen LogP contribution in [0.25, 0.3) is 22.5 Å². The molecule has 1 unspecified atom stereocenters. The number of hydrogen-bond donors (Lipinski definition) is 0. The summed E-state index contributed by atoms with van der Waals surface area (Å²) in [5.74, 6) is 0.454. The van der Waals surface area contributed by atoms with E-state index in [-0.39, 0.29) is 12.2 Å². The predicted molar refractivity (Wildman–Crippen MR) is 172 cm³/mol. The second-order valence-corrected chi connectivity index (χ2v) is 11.7. The van der Waals surface area contributed by atoms with Gasteiger partial charge < -0.3 is 9.47 Å². The fourth-order valence-corrected chi connectivity index (χ4v) is 6.58. The Hall–Kier alpha value is -4.75. The lowest BCUT2D eigenvalue weighted by molar-refractivity contribution is -0.138. The molecule has 0 saturated heterocycles. The molecule has 1 aromatic heterocycles. The zero-order chi connectivity index (χ0) is 30.1. The van der Waals surface area contributed by atoms with Gasteiger partial charge in [0.05, 0.1) is 29.5 Å². The number of nitrogens with zero attached hydrogens (tertiary/aromatic N) is 2. The van der Waals surface area contributed by atoms with Crippen molar-refractivity contribution in [3.8, 4) is 5.75 Å². The largest absolute Gasteiger partial charge is 0.496 e. The fourth-order valence-electron chi connectivity index (χ4n) is 5.58. The minimum Gasteiger partial charge on any atom is -0.496 e. The van der Waals surface area contributed by atoms with Gasteiger partial charge in [0.2, 0.25) is 0 Å². The molecule has 2 heterocycles. The van der Waals surface area contributed by atoms with Gasteiger partial charge >= 0.3 is 5.97 Å². The quantitative estimate of drug-likeness (QED) is 0.212. The number of rotatable bonds is 7. The number of aromatic nitrogens is 1. The highest BCUT2D eigenvalue weighted by Gasteiger charge is 2.37. The number of fused-ring (bicyclic) bond motifs is 2. The van der Waals surface area contributed by atoms with Gasteiger partial charge in [-0.25, -0.2) is 9.79 Å². The average Bonchev–Trinajstić information content (AvgIpc) is 3.34. The first-order valence-corrected chi connectivity index (χ1v) is 15.2. The average molecular weight is 589 g/mol. The van der Waals surface area contributed by atoms with Gasteiger partial charge in [0.15, 0.2) is 4.80 Å². The maximum absolute atomic E-state index is 14.3. The number of hydrogen-bond acceptors (Lipinski definition) is 6. The molecule has 0 spiro atoms. The molecular weight excluding hydrogens is 556 g/mol. The van der Waals surface area contributed by atoms with Crippen LogP contribution in [0.15, 0.2) is 106 Å². The Kier molecular flexibility index (Phi) is 7.82. The zero-order valence-corrected chi connectivity index (χ0v) is 25.4. The van der Waals surface area contributed by atoms with Crippen molar-refractivity contribution in [2.75, 3.05) is 13.7 Å². The Morgan fingerprint density at radius 2 is 1.70 bits per heavy atom. The van der Waals surface area contributed by atoms with Crippen molar-refractivity contribution in [3.05, 3.63) is 139 Å². The molecule has 5 aromatic rings. The first-order chi connectivity index (χ1) is 20.9. The van der Waals surface area contributed by atoms with E-state index in [4.69, 9.17) is 14.5 Å². The third kappa shape index (κ3) is 5.21. The van der Waals surface area contributed by atoms with Crippen molar-refractivity contribution in [3.63, 3.8) is 0 Å². The number of methoxy groups -OCH3 is 1. The molecule has 7 heteroatoms. The summed E-state index contributed by atoms with van der Waals surface area (Å²) in [4.78, 5) is 33.7.